The zero-order valence-electron chi connectivity index (χ0n) is 30.5. The Morgan fingerprint density at radius 2 is 1.75 bits per heavy atom. The lowest BCUT2D eigenvalue weighted by molar-refractivity contribution is -0.200. The number of fused-ring (bicyclic) bond motifs is 5. The third kappa shape index (κ3) is 7.36. The molecule has 7 unspecified atom stereocenters. The zero-order valence-corrected chi connectivity index (χ0v) is 30.5. The van der Waals surface area contributed by atoms with Crippen LogP contribution in [0.3, 0.4) is 0 Å². The molecule has 1 aromatic carbocycles. The number of ketones is 2. The second kappa shape index (κ2) is 15.7. The second-order valence-electron chi connectivity index (χ2n) is 14.9. The van der Waals surface area contributed by atoms with Crippen LogP contribution in [0.2, 0.25) is 0 Å². The molecule has 0 heterocycles. The summed E-state index contributed by atoms with van der Waals surface area (Å²) in [4.78, 5) is 65.3. The van der Waals surface area contributed by atoms with Crippen LogP contribution in [-0.4, -0.2) is 66.8 Å². The summed E-state index contributed by atoms with van der Waals surface area (Å²) >= 11 is 0. The Balaban J connectivity index is 1.33. The van der Waals surface area contributed by atoms with Gasteiger partial charge in [0.1, 0.15) is 0 Å². The topological polar surface area (TPSA) is 152 Å². The molecule has 0 spiro atoms. The third-order valence-corrected chi connectivity index (χ3v) is 12.0. The maximum absolute atomic E-state index is 14.3. The molecule has 0 bridgehead atoms. The number of unbranched alkanes of at least 4 members (excludes halogenated alkanes) is 3. The van der Waals surface area contributed by atoms with Crippen molar-refractivity contribution >= 4 is 29.7 Å². The SMILES string of the molecule is CCCCCOC(=O)c1ccc(OC(=O)OCC(=O)C2(OC(=O)CCCC)CCC3C4CCC5=CC(=O)C=CC5(C)C4C(O)CC32C)c(OC)c1. The number of aliphatic hydroxyl groups is 1. The Hall–Kier alpha value is -3.99. The Morgan fingerprint density at radius 1 is 0.980 bits per heavy atom. The van der Waals surface area contributed by atoms with E-state index in [4.69, 9.17) is 23.7 Å². The van der Waals surface area contributed by atoms with Gasteiger partial charge in [-0.2, -0.15) is 0 Å². The van der Waals surface area contributed by atoms with E-state index < -0.39 is 53.0 Å². The zero-order chi connectivity index (χ0) is 37.0. The van der Waals surface area contributed by atoms with Crippen molar-refractivity contribution in [2.45, 2.75) is 110 Å². The molecule has 4 aliphatic carbocycles. The van der Waals surface area contributed by atoms with Crippen LogP contribution in [0.4, 0.5) is 4.79 Å². The maximum Gasteiger partial charge on any atom is 0.514 e. The standard InChI is InChI=1S/C40H52O11/c1-6-8-10-20-48-36(45)25-12-15-31(32(21-25)47-5)50-37(46)49-24-33(43)40(51-34(44)11-9-7-2)19-17-29-28-14-13-26-22-27(41)16-18-38(26,3)35(28)30(42)23-39(29,40)4/h12,15-16,18,21-22,28-30,35,42H,6-11,13-14,17,19-20,23-24H2,1-5H3. The normalized spacial score (nSPS) is 30.6. The molecule has 0 saturated heterocycles. The monoisotopic (exact) mass is 708 g/mol. The van der Waals surface area contributed by atoms with Crippen molar-refractivity contribution in [3.63, 3.8) is 0 Å². The summed E-state index contributed by atoms with van der Waals surface area (Å²) in [6.45, 7) is 7.58. The molecule has 11 nitrogen and oxygen atoms in total. The van der Waals surface area contributed by atoms with E-state index in [1.54, 1.807) is 12.2 Å². The minimum atomic E-state index is -1.62. The van der Waals surface area contributed by atoms with Crippen LogP contribution in [-0.2, 0) is 28.6 Å². The summed E-state index contributed by atoms with van der Waals surface area (Å²) in [5.74, 6) is -1.81. The van der Waals surface area contributed by atoms with E-state index in [1.807, 2.05) is 19.9 Å². The molecular weight excluding hydrogens is 656 g/mol. The lowest BCUT2D eigenvalue weighted by atomic mass is 9.46. The number of Topliss-reactive ketones (excluding diaryl/α,β-unsaturated/α-hetero) is 1. The fourth-order valence-corrected chi connectivity index (χ4v) is 9.40. The van der Waals surface area contributed by atoms with Gasteiger partial charge >= 0.3 is 18.1 Å². The Kier molecular flexibility index (Phi) is 11.8. The number of rotatable bonds is 14. The van der Waals surface area contributed by atoms with Crippen molar-refractivity contribution < 1.29 is 52.8 Å². The lowest BCUT2D eigenvalue weighted by Gasteiger charge is -2.59. The van der Waals surface area contributed by atoms with Crippen molar-refractivity contribution in [3.8, 4) is 11.5 Å². The molecule has 1 aromatic rings. The minimum Gasteiger partial charge on any atom is -0.493 e. The number of hydrogen-bond donors (Lipinski definition) is 1. The summed E-state index contributed by atoms with van der Waals surface area (Å²) in [5.41, 5.74) is -1.81. The highest BCUT2D eigenvalue weighted by Crippen LogP contribution is 2.68. The minimum absolute atomic E-state index is 0.0118. The van der Waals surface area contributed by atoms with Crippen LogP contribution >= 0.6 is 0 Å². The van der Waals surface area contributed by atoms with E-state index in [0.717, 1.165) is 37.7 Å². The van der Waals surface area contributed by atoms with Gasteiger partial charge in [-0.1, -0.05) is 58.6 Å². The highest BCUT2D eigenvalue weighted by Gasteiger charge is 2.70. The van der Waals surface area contributed by atoms with Crippen LogP contribution in [0.15, 0.2) is 42.0 Å². The summed E-state index contributed by atoms with van der Waals surface area (Å²) in [5, 5.41) is 11.9. The molecule has 5 rings (SSSR count). The van der Waals surface area contributed by atoms with Crippen molar-refractivity contribution in [2.24, 2.45) is 28.6 Å². The maximum atomic E-state index is 14.3. The van der Waals surface area contributed by atoms with Crippen molar-refractivity contribution in [3.05, 3.63) is 47.6 Å². The molecule has 1 N–H and O–H groups in total. The second-order valence-corrected chi connectivity index (χ2v) is 14.9. The predicted molar refractivity (Wildman–Crippen MR) is 186 cm³/mol. The number of aliphatic hydroxyl groups excluding tert-OH is 1. The molecule has 0 radical (unpaired) electrons. The largest absolute Gasteiger partial charge is 0.514 e. The molecule has 51 heavy (non-hydrogen) atoms. The van der Waals surface area contributed by atoms with Gasteiger partial charge in [-0.25, -0.2) is 9.59 Å². The highest BCUT2D eigenvalue weighted by molar-refractivity contribution is 6.01. The van der Waals surface area contributed by atoms with Gasteiger partial charge in [0.15, 0.2) is 29.5 Å². The van der Waals surface area contributed by atoms with E-state index >= 15 is 0 Å². The quantitative estimate of drug-likeness (QED) is 0.0932. The Morgan fingerprint density at radius 3 is 2.47 bits per heavy atom. The first kappa shape index (κ1) is 38.2. The van der Waals surface area contributed by atoms with Crippen molar-refractivity contribution in [1.29, 1.82) is 0 Å². The summed E-state index contributed by atoms with van der Waals surface area (Å²) < 4.78 is 27.6. The molecule has 4 aliphatic rings. The number of ether oxygens (including phenoxy) is 5. The third-order valence-electron chi connectivity index (χ3n) is 12.0. The average Bonchev–Trinajstić information content (AvgIpc) is 3.39. The highest BCUT2D eigenvalue weighted by atomic mass is 16.7. The van der Waals surface area contributed by atoms with Crippen LogP contribution in [0, 0.1) is 28.6 Å². The number of allylic oxidation sites excluding steroid dienone is 4. The molecule has 0 aromatic heterocycles. The van der Waals surface area contributed by atoms with Gasteiger partial charge in [0.25, 0.3) is 0 Å². The van der Waals surface area contributed by atoms with Gasteiger partial charge in [-0.15, -0.1) is 0 Å². The van der Waals surface area contributed by atoms with Gasteiger partial charge < -0.3 is 28.8 Å². The summed E-state index contributed by atoms with van der Waals surface area (Å²) in [7, 11) is 1.36. The average molecular weight is 709 g/mol. The molecule has 7 atom stereocenters. The van der Waals surface area contributed by atoms with Gasteiger partial charge in [-0.3, -0.25) is 14.4 Å². The molecule has 0 amide bonds. The fourth-order valence-electron chi connectivity index (χ4n) is 9.40. The smallest absolute Gasteiger partial charge is 0.493 e. The van der Waals surface area contributed by atoms with Gasteiger partial charge in [-0.05, 0) is 87.1 Å². The molecule has 0 aliphatic heterocycles. The summed E-state index contributed by atoms with van der Waals surface area (Å²) in [6, 6.07) is 4.22. The Bertz CT molecular complexity index is 1580. The van der Waals surface area contributed by atoms with Gasteiger partial charge in [0.05, 0.1) is 25.4 Å². The number of benzene rings is 1. The number of carbonyl (C=O) groups excluding carboxylic acids is 5. The molecule has 3 fully saturated rings. The first-order valence-corrected chi connectivity index (χ1v) is 18.4. The molecular formula is C40H52O11. The predicted octanol–water partition coefficient (Wildman–Crippen LogP) is 6.88. The molecule has 11 heteroatoms. The van der Waals surface area contributed by atoms with Crippen molar-refractivity contribution in [1.82, 2.24) is 0 Å². The van der Waals surface area contributed by atoms with E-state index in [9.17, 15) is 29.1 Å². The van der Waals surface area contributed by atoms with Crippen LogP contribution in [0.25, 0.3) is 0 Å². The number of esters is 2. The van der Waals surface area contributed by atoms with Gasteiger partial charge in [0.2, 0.25) is 5.78 Å². The van der Waals surface area contributed by atoms with Crippen LogP contribution in [0.1, 0.15) is 109 Å². The van der Waals surface area contributed by atoms with E-state index in [0.29, 0.717) is 25.9 Å². The fraction of sp³-hybridized carbons (Fsp3) is 0.625. The number of methoxy groups -OCH3 is 1. The number of hydrogen-bond acceptors (Lipinski definition) is 11. The van der Waals surface area contributed by atoms with E-state index in [2.05, 4.69) is 13.8 Å². The van der Waals surface area contributed by atoms with Crippen LogP contribution < -0.4 is 9.47 Å². The molecule has 278 valence electrons. The lowest BCUT2D eigenvalue weighted by Crippen LogP contribution is -2.63. The molecule has 3 saturated carbocycles. The van der Waals surface area contributed by atoms with E-state index in [1.165, 1.54) is 25.3 Å². The first-order chi connectivity index (χ1) is 24.3. The van der Waals surface area contributed by atoms with Crippen molar-refractivity contribution in [2.75, 3.05) is 20.3 Å². The number of carbonyl (C=O) groups is 5. The van der Waals surface area contributed by atoms with E-state index in [-0.39, 0.29) is 59.9 Å². The van der Waals surface area contributed by atoms with Gasteiger partial charge in [0, 0.05) is 23.2 Å². The first-order valence-electron chi connectivity index (χ1n) is 18.4. The van der Waals surface area contributed by atoms with Crippen LogP contribution in [0.5, 0.6) is 11.5 Å². The summed E-state index contributed by atoms with van der Waals surface area (Å²) in [6.07, 6.45) is 9.82. The Labute approximate surface area is 300 Å².